The van der Waals surface area contributed by atoms with E-state index in [4.69, 9.17) is 4.74 Å². The molecule has 0 spiro atoms. The van der Waals surface area contributed by atoms with E-state index < -0.39 is 0 Å². The van der Waals surface area contributed by atoms with Crippen LogP contribution in [0.3, 0.4) is 0 Å². The van der Waals surface area contributed by atoms with Crippen molar-refractivity contribution in [2.45, 2.75) is 40.2 Å². The van der Waals surface area contributed by atoms with Gasteiger partial charge in [0.2, 0.25) is 5.91 Å². The second-order valence-corrected chi connectivity index (χ2v) is 10.7. The lowest BCUT2D eigenvalue weighted by Crippen LogP contribution is -2.41. The molecule has 0 bridgehead atoms. The summed E-state index contributed by atoms with van der Waals surface area (Å²) in [5, 5.41) is 0. The Balaban J connectivity index is 1.83. The SMILES string of the molecule is COc1cccc([C@@H]2CN(Cc3ccc(N(C)C)cc3)C[C@H]2CN(CC(C)C)C(=O)C(C)C)c1. The third kappa shape index (κ3) is 6.75. The topological polar surface area (TPSA) is 36.0 Å². The summed E-state index contributed by atoms with van der Waals surface area (Å²) in [5.74, 6) is 2.37. The number of nitrogens with zero attached hydrogens (tertiary/aromatic N) is 3. The molecule has 5 nitrogen and oxygen atoms in total. The number of ether oxygens (including phenoxy) is 1. The van der Waals surface area contributed by atoms with E-state index >= 15 is 0 Å². The molecule has 1 fully saturated rings. The summed E-state index contributed by atoms with van der Waals surface area (Å²) in [6.07, 6.45) is 0. The van der Waals surface area contributed by atoms with Crippen LogP contribution in [0, 0.1) is 17.8 Å². The number of hydrogen-bond acceptors (Lipinski definition) is 4. The van der Waals surface area contributed by atoms with Crippen molar-refractivity contribution in [3.8, 4) is 5.75 Å². The Labute approximate surface area is 206 Å². The van der Waals surface area contributed by atoms with Crippen molar-refractivity contribution in [2.24, 2.45) is 17.8 Å². The van der Waals surface area contributed by atoms with E-state index in [0.717, 1.165) is 38.5 Å². The third-order valence-electron chi connectivity index (χ3n) is 6.74. The lowest BCUT2D eigenvalue weighted by atomic mass is 9.88. The maximum absolute atomic E-state index is 13.1. The van der Waals surface area contributed by atoms with Crippen molar-refractivity contribution in [1.82, 2.24) is 9.80 Å². The highest BCUT2D eigenvalue weighted by atomic mass is 16.5. The molecule has 186 valence electrons. The van der Waals surface area contributed by atoms with Gasteiger partial charge >= 0.3 is 0 Å². The van der Waals surface area contributed by atoms with Gasteiger partial charge in [0.05, 0.1) is 7.11 Å². The van der Waals surface area contributed by atoms with E-state index in [1.165, 1.54) is 16.8 Å². The number of hydrogen-bond donors (Lipinski definition) is 0. The highest BCUT2D eigenvalue weighted by Gasteiger charge is 2.36. The van der Waals surface area contributed by atoms with E-state index in [2.05, 4.69) is 85.1 Å². The zero-order valence-electron chi connectivity index (χ0n) is 22.1. The molecule has 1 aliphatic rings. The van der Waals surface area contributed by atoms with Gasteiger partial charge in [-0.25, -0.2) is 0 Å². The number of rotatable bonds is 10. The van der Waals surface area contributed by atoms with Crippen LogP contribution >= 0.6 is 0 Å². The van der Waals surface area contributed by atoms with Crippen molar-refractivity contribution in [2.75, 3.05) is 52.3 Å². The molecule has 2 atom stereocenters. The fraction of sp³-hybridized carbons (Fsp3) is 0.552. The van der Waals surface area contributed by atoms with Gasteiger partial charge in [0.25, 0.3) is 0 Å². The molecule has 2 aromatic rings. The molecule has 34 heavy (non-hydrogen) atoms. The summed E-state index contributed by atoms with van der Waals surface area (Å²) in [6, 6.07) is 17.3. The lowest BCUT2D eigenvalue weighted by Gasteiger charge is -2.31. The smallest absolute Gasteiger partial charge is 0.225 e. The second-order valence-electron chi connectivity index (χ2n) is 10.7. The van der Waals surface area contributed by atoms with Crippen molar-refractivity contribution in [3.05, 3.63) is 59.7 Å². The molecular weight excluding hydrogens is 422 g/mol. The highest BCUT2D eigenvalue weighted by molar-refractivity contribution is 5.78. The molecule has 0 N–H and O–H groups in total. The molecule has 0 unspecified atom stereocenters. The highest BCUT2D eigenvalue weighted by Crippen LogP contribution is 2.36. The Morgan fingerprint density at radius 2 is 1.76 bits per heavy atom. The molecule has 2 aromatic carbocycles. The van der Waals surface area contributed by atoms with Crippen LogP contribution in [0.2, 0.25) is 0 Å². The largest absolute Gasteiger partial charge is 0.497 e. The van der Waals surface area contributed by atoms with Gasteiger partial charge in [-0.15, -0.1) is 0 Å². The second kappa shape index (κ2) is 11.7. The van der Waals surface area contributed by atoms with E-state index in [1.807, 2.05) is 19.9 Å². The number of methoxy groups -OCH3 is 1. The quantitative estimate of drug-likeness (QED) is 0.488. The van der Waals surface area contributed by atoms with Crippen LogP contribution in [-0.2, 0) is 11.3 Å². The number of anilines is 1. The molecule has 0 saturated carbocycles. The predicted molar refractivity (Wildman–Crippen MR) is 142 cm³/mol. The Hall–Kier alpha value is -2.53. The van der Waals surface area contributed by atoms with Crippen molar-refractivity contribution < 1.29 is 9.53 Å². The average molecular weight is 466 g/mol. The molecule has 5 heteroatoms. The van der Waals surface area contributed by atoms with Crippen LogP contribution in [0.1, 0.15) is 44.7 Å². The van der Waals surface area contributed by atoms with Gasteiger partial charge in [-0.05, 0) is 47.2 Å². The molecule has 0 aliphatic carbocycles. The molecule has 1 aliphatic heterocycles. The van der Waals surface area contributed by atoms with Crippen LogP contribution in [0.25, 0.3) is 0 Å². The van der Waals surface area contributed by atoms with Crippen LogP contribution < -0.4 is 9.64 Å². The van der Waals surface area contributed by atoms with Crippen molar-refractivity contribution in [3.63, 3.8) is 0 Å². The Morgan fingerprint density at radius 1 is 1.06 bits per heavy atom. The van der Waals surface area contributed by atoms with Crippen LogP contribution in [0.4, 0.5) is 5.69 Å². The first-order valence-electron chi connectivity index (χ1n) is 12.6. The van der Waals surface area contributed by atoms with Crippen molar-refractivity contribution >= 4 is 11.6 Å². The van der Waals surface area contributed by atoms with Gasteiger partial charge in [-0.3, -0.25) is 9.69 Å². The molecule has 1 saturated heterocycles. The molecule has 3 rings (SSSR count). The minimum atomic E-state index is 0.0155. The van der Waals surface area contributed by atoms with E-state index in [9.17, 15) is 4.79 Å². The first kappa shape index (κ1) is 26.1. The Morgan fingerprint density at radius 3 is 2.35 bits per heavy atom. The Bertz CT molecular complexity index is 923. The summed E-state index contributed by atoms with van der Waals surface area (Å²) in [5.41, 5.74) is 3.85. The molecule has 1 heterocycles. The van der Waals surface area contributed by atoms with Gasteiger partial charge in [0.15, 0.2) is 0 Å². The summed E-state index contributed by atoms with van der Waals surface area (Å²) >= 11 is 0. The first-order valence-corrected chi connectivity index (χ1v) is 12.6. The van der Waals surface area contributed by atoms with Crippen molar-refractivity contribution in [1.29, 1.82) is 0 Å². The van der Waals surface area contributed by atoms with Gasteiger partial charge < -0.3 is 14.5 Å². The number of amides is 1. The number of likely N-dealkylation sites (tertiary alicyclic amines) is 1. The molecule has 0 aromatic heterocycles. The summed E-state index contributed by atoms with van der Waals surface area (Å²) in [4.78, 5) is 19.8. The minimum Gasteiger partial charge on any atom is -0.497 e. The normalized spacial score (nSPS) is 18.5. The maximum Gasteiger partial charge on any atom is 0.225 e. The molecule has 1 amide bonds. The third-order valence-corrected chi connectivity index (χ3v) is 6.74. The van der Waals surface area contributed by atoms with Gasteiger partial charge in [0.1, 0.15) is 5.75 Å². The fourth-order valence-corrected chi connectivity index (χ4v) is 5.03. The lowest BCUT2D eigenvalue weighted by molar-refractivity contribution is -0.135. The monoisotopic (exact) mass is 465 g/mol. The van der Waals surface area contributed by atoms with E-state index in [0.29, 0.717) is 17.8 Å². The number of carbonyl (C=O) groups excluding carboxylic acids is 1. The average Bonchev–Trinajstić information content (AvgIpc) is 3.20. The number of carbonyl (C=O) groups is 1. The van der Waals surface area contributed by atoms with Gasteiger partial charge in [-0.1, -0.05) is 52.0 Å². The first-order chi connectivity index (χ1) is 16.2. The minimum absolute atomic E-state index is 0.0155. The molecular formula is C29H43N3O2. The Kier molecular flexibility index (Phi) is 9.01. The standard InChI is InChI=1S/C29H43N3O2/c1-21(2)16-32(29(33)22(3)4)19-25-18-31(17-23-11-13-26(14-12-23)30(5)6)20-28(25)24-9-8-10-27(15-24)34-7/h8-15,21-22,25,28H,16-20H2,1-7H3/t25-,28-/m0/s1. The summed E-state index contributed by atoms with van der Waals surface area (Å²) in [6.45, 7) is 12.9. The van der Waals surface area contributed by atoms with Crippen LogP contribution in [0.5, 0.6) is 5.75 Å². The van der Waals surface area contributed by atoms with E-state index in [1.54, 1.807) is 7.11 Å². The summed E-state index contributed by atoms with van der Waals surface area (Å²) < 4.78 is 5.52. The summed E-state index contributed by atoms with van der Waals surface area (Å²) in [7, 11) is 5.86. The maximum atomic E-state index is 13.1. The number of benzene rings is 2. The zero-order chi connectivity index (χ0) is 24.8. The zero-order valence-corrected chi connectivity index (χ0v) is 22.1. The van der Waals surface area contributed by atoms with Crippen LogP contribution in [0.15, 0.2) is 48.5 Å². The van der Waals surface area contributed by atoms with Crippen LogP contribution in [-0.4, -0.2) is 63.1 Å². The molecule has 0 radical (unpaired) electrons. The van der Waals surface area contributed by atoms with Gasteiger partial charge in [-0.2, -0.15) is 0 Å². The fourth-order valence-electron chi connectivity index (χ4n) is 5.03. The predicted octanol–water partition coefficient (Wildman–Crippen LogP) is 5.12. The van der Waals surface area contributed by atoms with E-state index in [-0.39, 0.29) is 11.8 Å². The van der Waals surface area contributed by atoms with Gasteiger partial charge in [0, 0.05) is 64.3 Å².